The van der Waals surface area contributed by atoms with Crippen LogP contribution < -0.4 is 20.7 Å². The first-order valence-corrected chi connectivity index (χ1v) is 19.4. The second kappa shape index (κ2) is 15.1. The number of benzene rings is 4. The Morgan fingerprint density at radius 2 is 0.692 bits per heavy atom. The molecule has 0 saturated carbocycles. The Labute approximate surface area is 238 Å². The highest BCUT2D eigenvalue weighted by Gasteiger charge is 2.41. The van der Waals surface area contributed by atoms with Gasteiger partial charge in [-0.2, -0.15) is 0 Å². The zero-order valence-electron chi connectivity index (χ0n) is 23.7. The molecule has 0 aliphatic carbocycles. The van der Waals surface area contributed by atoms with E-state index in [1.807, 2.05) is 0 Å². The summed E-state index contributed by atoms with van der Waals surface area (Å²) in [5, 5.41) is 5.31. The fourth-order valence-corrected chi connectivity index (χ4v) is 11.1. The van der Waals surface area contributed by atoms with Gasteiger partial charge in [-0.15, -0.1) is 0 Å². The molecular weight excluding hydrogens is 509 g/mol. The fourth-order valence-electron chi connectivity index (χ4n) is 5.33. The van der Waals surface area contributed by atoms with Crippen LogP contribution in [0.15, 0.2) is 121 Å². The lowest BCUT2D eigenvalue weighted by Gasteiger charge is -2.33. The molecule has 204 valence electrons. The summed E-state index contributed by atoms with van der Waals surface area (Å²) in [6, 6.07) is 43.4. The van der Waals surface area contributed by atoms with Crippen molar-refractivity contribution in [2.24, 2.45) is 0 Å². The standard InChI is InChI=1S/C35H44O2Si2/c1-38(2,32-22-12-8-13-23-32)36-30-20-6-4-3-5-7-21-31-37-39(33-24-14-9-15-25-33,34-26-16-10-17-27-34)35-28-18-11-19-29-35/h8-19,22-29H,3-7,20-21,30-31H2,1-2H3. The van der Waals surface area contributed by atoms with E-state index in [1.165, 1.54) is 52.9 Å². The molecule has 4 aromatic rings. The molecular formula is C35H44O2Si2. The Kier molecular flexibility index (Phi) is 11.3. The van der Waals surface area contributed by atoms with Crippen LogP contribution in [0.3, 0.4) is 0 Å². The summed E-state index contributed by atoms with van der Waals surface area (Å²) in [4.78, 5) is 0. The number of hydrogen-bond donors (Lipinski definition) is 0. The average molecular weight is 553 g/mol. The van der Waals surface area contributed by atoms with Gasteiger partial charge in [-0.25, -0.2) is 0 Å². The van der Waals surface area contributed by atoms with Gasteiger partial charge >= 0.3 is 0 Å². The van der Waals surface area contributed by atoms with Gasteiger partial charge in [-0.3, -0.25) is 0 Å². The SMILES string of the molecule is C[Si](C)(OCCCCCCCCCO[Si](c1ccccc1)(c1ccccc1)c1ccccc1)c1ccccc1. The van der Waals surface area contributed by atoms with Crippen molar-refractivity contribution in [3.63, 3.8) is 0 Å². The summed E-state index contributed by atoms with van der Waals surface area (Å²) < 4.78 is 13.4. The fraction of sp³-hybridized carbons (Fsp3) is 0.314. The van der Waals surface area contributed by atoms with Crippen molar-refractivity contribution in [2.45, 2.75) is 58.0 Å². The minimum absolute atomic E-state index is 0.790. The van der Waals surface area contributed by atoms with Gasteiger partial charge < -0.3 is 8.85 Å². The van der Waals surface area contributed by atoms with Crippen LogP contribution in [0, 0.1) is 0 Å². The van der Waals surface area contributed by atoms with Gasteiger partial charge in [0, 0.05) is 13.2 Å². The molecule has 0 fully saturated rings. The van der Waals surface area contributed by atoms with E-state index in [2.05, 4.69) is 134 Å². The van der Waals surface area contributed by atoms with Crippen LogP contribution in [0.25, 0.3) is 0 Å². The predicted octanol–water partition coefficient (Wildman–Crippen LogP) is 6.53. The van der Waals surface area contributed by atoms with Gasteiger partial charge in [0.15, 0.2) is 0 Å². The molecule has 0 saturated heterocycles. The summed E-state index contributed by atoms with van der Waals surface area (Å²) in [7, 11) is -4.33. The first kappa shape index (κ1) is 29.2. The van der Waals surface area contributed by atoms with Crippen molar-refractivity contribution in [1.29, 1.82) is 0 Å². The lowest BCUT2D eigenvalue weighted by Crippen LogP contribution is -2.69. The molecule has 0 N–H and O–H groups in total. The molecule has 39 heavy (non-hydrogen) atoms. The van der Waals surface area contributed by atoms with Crippen LogP contribution >= 0.6 is 0 Å². The molecule has 0 atom stereocenters. The molecule has 0 aromatic heterocycles. The Bertz CT molecular complexity index is 1100. The Morgan fingerprint density at radius 1 is 0.385 bits per heavy atom. The van der Waals surface area contributed by atoms with Crippen molar-refractivity contribution in [3.8, 4) is 0 Å². The molecule has 0 bridgehead atoms. The summed E-state index contributed by atoms with van der Waals surface area (Å²) in [5.41, 5.74) is 0. The van der Waals surface area contributed by atoms with Crippen LogP contribution in [0.1, 0.15) is 44.9 Å². The molecule has 0 unspecified atom stereocenters. The largest absolute Gasteiger partial charge is 0.413 e. The highest BCUT2D eigenvalue weighted by Crippen LogP contribution is 2.13. The van der Waals surface area contributed by atoms with Gasteiger partial charge in [0.05, 0.1) is 0 Å². The number of hydrogen-bond acceptors (Lipinski definition) is 2. The first-order chi connectivity index (χ1) is 19.1. The van der Waals surface area contributed by atoms with E-state index in [1.54, 1.807) is 0 Å². The molecule has 4 rings (SSSR count). The third kappa shape index (κ3) is 8.12. The van der Waals surface area contributed by atoms with Gasteiger partial charge in [0.25, 0.3) is 8.32 Å². The van der Waals surface area contributed by atoms with E-state index >= 15 is 0 Å². The van der Waals surface area contributed by atoms with Crippen molar-refractivity contribution >= 4 is 37.4 Å². The van der Waals surface area contributed by atoms with E-state index in [0.717, 1.165) is 26.1 Å². The molecule has 4 heteroatoms. The third-order valence-electron chi connectivity index (χ3n) is 7.58. The van der Waals surface area contributed by atoms with Gasteiger partial charge in [0.2, 0.25) is 8.32 Å². The van der Waals surface area contributed by atoms with Crippen LogP contribution in [-0.4, -0.2) is 29.8 Å². The monoisotopic (exact) mass is 552 g/mol. The van der Waals surface area contributed by atoms with E-state index in [-0.39, 0.29) is 0 Å². The lowest BCUT2D eigenvalue weighted by molar-refractivity contribution is 0.300. The molecule has 4 aromatic carbocycles. The second-order valence-corrected chi connectivity index (χ2v) is 18.1. The van der Waals surface area contributed by atoms with E-state index < -0.39 is 16.6 Å². The van der Waals surface area contributed by atoms with Gasteiger partial charge in [0.1, 0.15) is 0 Å². The Balaban J connectivity index is 1.23. The van der Waals surface area contributed by atoms with Gasteiger partial charge in [-0.1, -0.05) is 153 Å². The van der Waals surface area contributed by atoms with E-state index in [9.17, 15) is 0 Å². The highest BCUT2D eigenvalue weighted by atomic mass is 28.4. The molecule has 0 amide bonds. The third-order valence-corrected chi connectivity index (χ3v) is 14.3. The molecule has 0 aliphatic heterocycles. The molecule has 2 nitrogen and oxygen atoms in total. The van der Waals surface area contributed by atoms with Crippen LogP contribution in [0.2, 0.25) is 13.1 Å². The average Bonchev–Trinajstić information content (AvgIpc) is 3.00. The molecule has 0 aliphatic rings. The maximum atomic E-state index is 7.04. The Morgan fingerprint density at radius 3 is 1.08 bits per heavy atom. The van der Waals surface area contributed by atoms with Crippen molar-refractivity contribution in [3.05, 3.63) is 121 Å². The van der Waals surface area contributed by atoms with Crippen LogP contribution in [0.5, 0.6) is 0 Å². The maximum absolute atomic E-state index is 7.04. The molecule has 0 radical (unpaired) electrons. The minimum Gasteiger partial charge on any atom is -0.413 e. The minimum atomic E-state index is -2.56. The van der Waals surface area contributed by atoms with Gasteiger partial charge in [-0.05, 0) is 46.7 Å². The predicted molar refractivity (Wildman–Crippen MR) is 172 cm³/mol. The van der Waals surface area contributed by atoms with Crippen molar-refractivity contribution in [1.82, 2.24) is 0 Å². The summed E-state index contributed by atoms with van der Waals surface area (Å²) in [6.45, 7) is 6.27. The van der Waals surface area contributed by atoms with Crippen molar-refractivity contribution in [2.75, 3.05) is 13.2 Å². The second-order valence-electron chi connectivity index (χ2n) is 10.8. The zero-order valence-corrected chi connectivity index (χ0v) is 25.7. The first-order valence-electron chi connectivity index (χ1n) is 14.6. The molecule has 0 heterocycles. The summed E-state index contributed by atoms with van der Waals surface area (Å²) in [5.74, 6) is 0. The quantitative estimate of drug-likeness (QED) is 0.0894. The number of unbranched alkanes of at least 4 members (excludes halogenated alkanes) is 6. The maximum Gasteiger partial charge on any atom is 0.288 e. The van der Waals surface area contributed by atoms with E-state index in [0.29, 0.717) is 0 Å². The highest BCUT2D eigenvalue weighted by molar-refractivity contribution is 7.07. The zero-order chi connectivity index (χ0) is 27.2. The topological polar surface area (TPSA) is 18.5 Å². The summed E-state index contributed by atoms with van der Waals surface area (Å²) >= 11 is 0. The van der Waals surface area contributed by atoms with Crippen LogP contribution in [-0.2, 0) is 8.85 Å². The Hall–Kier alpha value is -2.77. The number of rotatable bonds is 16. The molecule has 0 spiro atoms. The van der Waals surface area contributed by atoms with Crippen molar-refractivity contribution < 1.29 is 8.85 Å². The smallest absolute Gasteiger partial charge is 0.288 e. The lowest BCUT2D eigenvalue weighted by atomic mass is 10.1. The van der Waals surface area contributed by atoms with Crippen LogP contribution in [0.4, 0.5) is 0 Å². The normalized spacial score (nSPS) is 11.9. The summed E-state index contributed by atoms with van der Waals surface area (Å²) in [6.07, 6.45) is 8.57. The van der Waals surface area contributed by atoms with E-state index in [4.69, 9.17) is 8.85 Å².